The number of piperazine rings is 6. The van der Waals surface area contributed by atoms with Crippen LogP contribution in [0.25, 0.3) is 0 Å². The molecule has 0 bridgehead atoms. The molecule has 12 nitrogen and oxygen atoms in total. The van der Waals surface area contributed by atoms with E-state index in [0.717, 1.165) is 18.1 Å². The SMILES string of the molecule is CC(C)N1CCN(C)CC1.CC(C)N1CCN(C)[C@@H](C)C1.CC(C)N1CCN(C)[C@H](C)C1.CC(C)N1C[C@@H](C)N(C)[C@@H](C)C1.CC(C)N1C[C@@H](C)N(C)[C@H](C)C1.CC(C)N1C[C@H](C)N(C)[C@@H](C)C1. The van der Waals surface area contributed by atoms with Crippen molar-refractivity contribution in [3.8, 4) is 0 Å². The van der Waals surface area contributed by atoms with E-state index >= 15 is 0 Å². The molecule has 0 aromatic rings. The zero-order chi connectivity index (χ0) is 52.3. The molecule has 12 heteroatoms. The molecule has 8 atom stereocenters. The van der Waals surface area contributed by atoms with Crippen molar-refractivity contribution in [2.45, 2.75) is 223 Å². The third-order valence-corrected chi connectivity index (χ3v) is 17.1. The average molecular weight is 966 g/mol. The van der Waals surface area contributed by atoms with Crippen LogP contribution in [0.4, 0.5) is 0 Å². The number of hydrogen-bond acceptors (Lipinski definition) is 12. The van der Waals surface area contributed by atoms with Gasteiger partial charge in [0.15, 0.2) is 0 Å². The van der Waals surface area contributed by atoms with Crippen LogP contribution in [0.2, 0.25) is 0 Å². The molecule has 6 aliphatic heterocycles. The number of likely N-dealkylation sites (N-methyl/N-ethyl adjacent to an activating group) is 6. The van der Waals surface area contributed by atoms with Crippen molar-refractivity contribution in [3.63, 3.8) is 0 Å². The van der Waals surface area contributed by atoms with Crippen LogP contribution in [0.15, 0.2) is 0 Å². The Morgan fingerprint density at radius 1 is 0.235 bits per heavy atom. The van der Waals surface area contributed by atoms with Crippen molar-refractivity contribution in [2.75, 3.05) is 147 Å². The van der Waals surface area contributed by atoms with Crippen molar-refractivity contribution < 1.29 is 0 Å². The standard InChI is InChI=1S/3C10H22N2.2C9H20N2.C8H18N2/c3*1-8(2)12-6-9(3)11(5)10(4)7-12;2*1-8(2)11-6-5-10(4)9(3)7-11;1-8(2)10-6-4-9(3)5-7-10/h3*8-10H,6-7H2,1-5H3;2*8-9H,5-7H2,1-4H3;8H,4-7H2,1-3H3/t9-,10+;2*9-,10-;2*9-;/m.1010./s1. The molecular weight excluding hydrogens is 841 g/mol. The van der Waals surface area contributed by atoms with Crippen molar-refractivity contribution in [1.82, 2.24) is 58.8 Å². The van der Waals surface area contributed by atoms with Crippen molar-refractivity contribution in [2.24, 2.45) is 0 Å². The minimum atomic E-state index is 0.698. The van der Waals surface area contributed by atoms with Gasteiger partial charge in [0, 0.05) is 189 Å². The van der Waals surface area contributed by atoms with Gasteiger partial charge < -0.3 is 14.7 Å². The van der Waals surface area contributed by atoms with Crippen molar-refractivity contribution >= 4 is 0 Å². The first-order valence-electron chi connectivity index (χ1n) is 28.2. The summed E-state index contributed by atoms with van der Waals surface area (Å²) in [4.78, 5) is 30.0. The largest absolute Gasteiger partial charge is 0.304 e. The molecule has 0 spiro atoms. The highest BCUT2D eigenvalue weighted by Crippen LogP contribution is 2.18. The van der Waals surface area contributed by atoms with Gasteiger partial charge in [-0.15, -0.1) is 0 Å². The maximum Gasteiger partial charge on any atom is 0.0195 e. The minimum absolute atomic E-state index is 0.698. The second-order valence-corrected chi connectivity index (χ2v) is 24.5. The maximum absolute atomic E-state index is 2.56. The van der Waals surface area contributed by atoms with Gasteiger partial charge in [-0.25, -0.2) is 0 Å². The first-order valence-corrected chi connectivity index (χ1v) is 28.2. The number of hydrogen-bond donors (Lipinski definition) is 0. The summed E-state index contributed by atoms with van der Waals surface area (Å²) in [5, 5.41) is 0. The Bertz CT molecular complexity index is 1110. The second kappa shape index (κ2) is 32.7. The van der Waals surface area contributed by atoms with E-state index in [2.05, 4.69) is 240 Å². The molecule has 0 unspecified atom stereocenters. The van der Waals surface area contributed by atoms with E-state index in [1.54, 1.807) is 0 Å². The summed E-state index contributed by atoms with van der Waals surface area (Å²) in [5.41, 5.74) is 0. The fourth-order valence-corrected chi connectivity index (χ4v) is 10.0. The highest BCUT2D eigenvalue weighted by atomic mass is 15.3. The molecule has 6 rings (SSSR count). The van der Waals surface area contributed by atoms with Crippen LogP contribution in [-0.2, 0) is 0 Å². The van der Waals surface area contributed by atoms with E-state index in [-0.39, 0.29) is 0 Å². The van der Waals surface area contributed by atoms with Crippen LogP contribution in [0.3, 0.4) is 0 Å². The topological polar surface area (TPSA) is 38.9 Å². The quantitative estimate of drug-likeness (QED) is 0.277. The van der Waals surface area contributed by atoms with E-state index in [0.29, 0.717) is 66.5 Å². The predicted molar refractivity (Wildman–Crippen MR) is 302 cm³/mol. The Morgan fingerprint density at radius 2 is 0.426 bits per heavy atom. The molecule has 6 fully saturated rings. The summed E-state index contributed by atoms with van der Waals surface area (Å²) in [6.45, 7) is 65.5. The smallest absolute Gasteiger partial charge is 0.0195 e. The van der Waals surface area contributed by atoms with E-state index in [9.17, 15) is 0 Å². The Hall–Kier alpha value is -0.480. The lowest BCUT2D eigenvalue weighted by molar-refractivity contribution is 0.0424. The van der Waals surface area contributed by atoms with E-state index < -0.39 is 0 Å². The van der Waals surface area contributed by atoms with Crippen LogP contribution >= 0.6 is 0 Å². The molecule has 0 saturated carbocycles. The summed E-state index contributed by atoms with van der Waals surface area (Å²) >= 11 is 0. The zero-order valence-electron chi connectivity index (χ0n) is 50.8. The van der Waals surface area contributed by atoms with Crippen LogP contribution in [0.1, 0.15) is 138 Å². The zero-order valence-corrected chi connectivity index (χ0v) is 50.8. The molecule has 0 aliphatic carbocycles. The van der Waals surface area contributed by atoms with Crippen molar-refractivity contribution in [1.29, 1.82) is 0 Å². The van der Waals surface area contributed by atoms with Gasteiger partial charge in [0.2, 0.25) is 0 Å². The summed E-state index contributed by atoms with van der Waals surface area (Å²) < 4.78 is 0. The minimum Gasteiger partial charge on any atom is -0.304 e. The van der Waals surface area contributed by atoms with Gasteiger partial charge in [0.25, 0.3) is 0 Å². The van der Waals surface area contributed by atoms with E-state index in [1.807, 2.05) is 0 Å². The molecule has 6 aliphatic rings. The predicted octanol–water partition coefficient (Wildman–Crippen LogP) is 6.96. The molecule has 0 aromatic carbocycles. The summed E-state index contributed by atoms with van der Waals surface area (Å²) in [6.07, 6.45) is 0. The second-order valence-electron chi connectivity index (χ2n) is 24.5. The van der Waals surface area contributed by atoms with Gasteiger partial charge in [-0.2, -0.15) is 0 Å². The van der Waals surface area contributed by atoms with Gasteiger partial charge >= 0.3 is 0 Å². The van der Waals surface area contributed by atoms with Gasteiger partial charge in [-0.1, -0.05) is 0 Å². The molecule has 6 heterocycles. The first kappa shape index (κ1) is 65.5. The van der Waals surface area contributed by atoms with Gasteiger partial charge in [-0.3, -0.25) is 44.1 Å². The lowest BCUT2D eigenvalue weighted by Gasteiger charge is -2.44. The van der Waals surface area contributed by atoms with Gasteiger partial charge in [0.1, 0.15) is 0 Å². The molecule has 0 radical (unpaired) electrons. The van der Waals surface area contributed by atoms with E-state index in [4.69, 9.17) is 0 Å². The lowest BCUT2D eigenvalue weighted by atomic mass is 10.1. The fraction of sp³-hybridized carbons (Fsp3) is 1.00. The average Bonchev–Trinajstić information content (AvgIpc) is 3.26. The van der Waals surface area contributed by atoms with E-state index in [1.165, 1.54) is 105 Å². The molecule has 0 N–H and O–H groups in total. The lowest BCUT2D eigenvalue weighted by Crippen LogP contribution is -2.56. The van der Waals surface area contributed by atoms with Gasteiger partial charge in [0.05, 0.1) is 0 Å². The summed E-state index contributed by atoms with van der Waals surface area (Å²) in [6, 6.07) is 9.94. The fourth-order valence-electron chi connectivity index (χ4n) is 10.0. The maximum atomic E-state index is 2.56. The normalized spacial score (nSPS) is 31.4. The Labute approximate surface area is 427 Å². The molecule has 408 valence electrons. The third kappa shape index (κ3) is 23.6. The Balaban J connectivity index is 0.000000408. The van der Waals surface area contributed by atoms with Crippen molar-refractivity contribution in [3.05, 3.63) is 0 Å². The number of nitrogens with zero attached hydrogens (tertiary/aromatic N) is 12. The number of rotatable bonds is 6. The third-order valence-electron chi connectivity index (χ3n) is 17.1. The first-order chi connectivity index (χ1) is 31.5. The van der Waals surface area contributed by atoms with Crippen LogP contribution in [-0.4, -0.2) is 290 Å². The van der Waals surface area contributed by atoms with Crippen LogP contribution < -0.4 is 0 Å². The highest BCUT2D eigenvalue weighted by Gasteiger charge is 2.30. The van der Waals surface area contributed by atoms with Gasteiger partial charge in [-0.05, 0) is 181 Å². The monoisotopic (exact) mass is 965 g/mol. The molecular formula is C56H124N12. The molecule has 0 aromatic heterocycles. The Morgan fingerprint density at radius 3 is 0.618 bits per heavy atom. The highest BCUT2D eigenvalue weighted by molar-refractivity contribution is 4.86. The van der Waals surface area contributed by atoms with Crippen LogP contribution in [0.5, 0.6) is 0 Å². The molecule has 0 amide bonds. The molecule has 68 heavy (non-hydrogen) atoms. The Kier molecular flexibility index (Phi) is 31.5. The van der Waals surface area contributed by atoms with Crippen LogP contribution in [0, 0.1) is 0 Å². The summed E-state index contributed by atoms with van der Waals surface area (Å²) in [5.74, 6) is 0. The molecule has 6 saturated heterocycles. The summed E-state index contributed by atoms with van der Waals surface area (Å²) in [7, 11) is 13.3.